The van der Waals surface area contributed by atoms with E-state index in [1.54, 1.807) is 0 Å². The van der Waals surface area contributed by atoms with Gasteiger partial charge in [-0.15, -0.1) is 0 Å². The molecule has 1 aliphatic carbocycles. The minimum atomic E-state index is 0.221. The minimum absolute atomic E-state index is 0.221. The maximum Gasteiger partial charge on any atom is 0.0655 e. The largest absolute Gasteiger partial charge is 0.378 e. The molecule has 0 heterocycles. The van der Waals surface area contributed by atoms with Gasteiger partial charge in [0.15, 0.2) is 0 Å². The Bertz CT molecular complexity index is 431. The zero-order chi connectivity index (χ0) is 14.6. The predicted octanol–water partition coefficient (Wildman–Crippen LogP) is 2.48. The van der Waals surface area contributed by atoms with E-state index in [2.05, 4.69) is 50.4 Å². The zero-order valence-electron chi connectivity index (χ0n) is 13.0. The number of hydrogen-bond acceptors (Lipinski definition) is 3. The smallest absolute Gasteiger partial charge is 0.0655 e. The molecular weight excluding hydrogens is 248 g/mol. The second-order valence-corrected chi connectivity index (χ2v) is 6.24. The van der Waals surface area contributed by atoms with Crippen molar-refractivity contribution in [3.8, 4) is 0 Å². The first-order valence-corrected chi connectivity index (χ1v) is 7.71. The van der Waals surface area contributed by atoms with Crippen molar-refractivity contribution < 1.29 is 4.74 Å². The van der Waals surface area contributed by atoms with Gasteiger partial charge in [0, 0.05) is 24.6 Å². The summed E-state index contributed by atoms with van der Waals surface area (Å²) in [5.41, 5.74) is 8.63. The van der Waals surface area contributed by atoms with Crippen LogP contribution in [0.4, 0.5) is 0 Å². The maximum atomic E-state index is 5.78. The van der Waals surface area contributed by atoms with Gasteiger partial charge in [-0.25, -0.2) is 0 Å². The number of nitrogens with one attached hydrogen (secondary N) is 1. The lowest BCUT2D eigenvalue weighted by Crippen LogP contribution is -2.60. The van der Waals surface area contributed by atoms with Gasteiger partial charge in [-0.2, -0.15) is 0 Å². The van der Waals surface area contributed by atoms with E-state index in [1.807, 2.05) is 0 Å². The van der Waals surface area contributed by atoms with Crippen LogP contribution in [0.2, 0.25) is 0 Å². The Morgan fingerprint density at radius 2 is 2.00 bits per heavy atom. The Morgan fingerprint density at radius 1 is 1.30 bits per heavy atom. The SMILES string of the molecule is CCOC1CC(NCc2ccccc2CCN)C1(C)C. The lowest BCUT2D eigenvalue weighted by molar-refractivity contribution is -0.114. The summed E-state index contributed by atoms with van der Waals surface area (Å²) in [7, 11) is 0. The highest BCUT2D eigenvalue weighted by Crippen LogP contribution is 2.42. The molecule has 1 aromatic carbocycles. The Kier molecular flexibility index (Phi) is 5.19. The van der Waals surface area contributed by atoms with Crippen molar-refractivity contribution in [1.82, 2.24) is 5.32 Å². The van der Waals surface area contributed by atoms with E-state index in [-0.39, 0.29) is 5.41 Å². The Labute approximate surface area is 122 Å². The summed E-state index contributed by atoms with van der Waals surface area (Å²) in [6, 6.07) is 9.10. The molecule has 0 aliphatic heterocycles. The van der Waals surface area contributed by atoms with Crippen molar-refractivity contribution in [2.45, 2.75) is 52.3 Å². The summed E-state index contributed by atoms with van der Waals surface area (Å²) in [5.74, 6) is 0. The van der Waals surface area contributed by atoms with E-state index in [4.69, 9.17) is 10.5 Å². The van der Waals surface area contributed by atoms with E-state index in [0.717, 1.165) is 26.0 Å². The summed E-state index contributed by atoms with van der Waals surface area (Å²) < 4.78 is 5.78. The molecule has 2 unspecified atom stereocenters. The van der Waals surface area contributed by atoms with E-state index < -0.39 is 0 Å². The van der Waals surface area contributed by atoms with Crippen LogP contribution in [0.5, 0.6) is 0 Å². The molecule has 0 spiro atoms. The minimum Gasteiger partial charge on any atom is -0.378 e. The van der Waals surface area contributed by atoms with Crippen LogP contribution in [0.25, 0.3) is 0 Å². The number of benzene rings is 1. The quantitative estimate of drug-likeness (QED) is 0.804. The molecule has 0 aromatic heterocycles. The van der Waals surface area contributed by atoms with E-state index in [9.17, 15) is 0 Å². The van der Waals surface area contributed by atoms with Crippen LogP contribution in [0.1, 0.15) is 38.3 Å². The number of ether oxygens (including phenoxy) is 1. The molecule has 1 fully saturated rings. The first-order chi connectivity index (χ1) is 9.59. The van der Waals surface area contributed by atoms with Crippen LogP contribution in [-0.2, 0) is 17.7 Å². The van der Waals surface area contributed by atoms with Crippen molar-refractivity contribution in [2.24, 2.45) is 11.1 Å². The summed E-state index contributed by atoms with van der Waals surface area (Å²) in [4.78, 5) is 0. The Balaban J connectivity index is 1.90. The van der Waals surface area contributed by atoms with Crippen molar-refractivity contribution in [2.75, 3.05) is 13.2 Å². The fourth-order valence-corrected chi connectivity index (χ4v) is 3.08. The third-order valence-corrected chi connectivity index (χ3v) is 4.62. The van der Waals surface area contributed by atoms with Gasteiger partial charge in [-0.1, -0.05) is 38.1 Å². The third kappa shape index (κ3) is 3.22. The summed E-state index contributed by atoms with van der Waals surface area (Å²) >= 11 is 0. The molecule has 3 nitrogen and oxygen atoms in total. The third-order valence-electron chi connectivity index (χ3n) is 4.62. The molecule has 0 radical (unpaired) electrons. The van der Waals surface area contributed by atoms with E-state index in [0.29, 0.717) is 18.7 Å². The fraction of sp³-hybridized carbons (Fsp3) is 0.647. The highest BCUT2D eigenvalue weighted by molar-refractivity contribution is 5.27. The molecule has 112 valence electrons. The van der Waals surface area contributed by atoms with Crippen LogP contribution >= 0.6 is 0 Å². The van der Waals surface area contributed by atoms with Gasteiger partial charge in [0.05, 0.1) is 6.10 Å². The highest BCUT2D eigenvalue weighted by atomic mass is 16.5. The molecule has 20 heavy (non-hydrogen) atoms. The molecule has 1 aromatic rings. The molecule has 2 atom stereocenters. The molecular formula is C17H28N2O. The summed E-state index contributed by atoms with van der Waals surface area (Å²) in [6.07, 6.45) is 2.46. The second kappa shape index (κ2) is 6.70. The zero-order valence-corrected chi connectivity index (χ0v) is 13.0. The molecule has 1 saturated carbocycles. The summed E-state index contributed by atoms with van der Waals surface area (Å²) in [5, 5.41) is 3.69. The van der Waals surface area contributed by atoms with Gasteiger partial charge in [0.1, 0.15) is 0 Å². The van der Waals surface area contributed by atoms with E-state index in [1.165, 1.54) is 11.1 Å². The predicted molar refractivity (Wildman–Crippen MR) is 83.6 cm³/mol. The molecule has 0 amide bonds. The first-order valence-electron chi connectivity index (χ1n) is 7.71. The number of hydrogen-bond donors (Lipinski definition) is 2. The van der Waals surface area contributed by atoms with Gasteiger partial charge >= 0.3 is 0 Å². The summed E-state index contributed by atoms with van der Waals surface area (Å²) in [6.45, 7) is 9.09. The van der Waals surface area contributed by atoms with Crippen LogP contribution in [0, 0.1) is 5.41 Å². The lowest BCUT2D eigenvalue weighted by Gasteiger charge is -2.52. The van der Waals surface area contributed by atoms with Crippen LogP contribution in [-0.4, -0.2) is 25.3 Å². The van der Waals surface area contributed by atoms with Crippen LogP contribution < -0.4 is 11.1 Å². The topological polar surface area (TPSA) is 47.3 Å². The van der Waals surface area contributed by atoms with Gasteiger partial charge in [0.2, 0.25) is 0 Å². The van der Waals surface area contributed by atoms with Crippen LogP contribution in [0.15, 0.2) is 24.3 Å². The molecule has 0 bridgehead atoms. The number of rotatable bonds is 7. The molecule has 1 aliphatic rings. The first kappa shape index (κ1) is 15.5. The maximum absolute atomic E-state index is 5.78. The average molecular weight is 276 g/mol. The van der Waals surface area contributed by atoms with Crippen molar-refractivity contribution >= 4 is 0 Å². The van der Waals surface area contributed by atoms with Crippen molar-refractivity contribution in [3.05, 3.63) is 35.4 Å². The lowest BCUT2D eigenvalue weighted by atomic mass is 9.64. The Hall–Kier alpha value is -0.900. The molecule has 0 saturated heterocycles. The van der Waals surface area contributed by atoms with Gasteiger partial charge < -0.3 is 15.8 Å². The molecule has 2 rings (SSSR count). The van der Waals surface area contributed by atoms with Crippen molar-refractivity contribution in [3.63, 3.8) is 0 Å². The van der Waals surface area contributed by atoms with Crippen LogP contribution in [0.3, 0.4) is 0 Å². The monoisotopic (exact) mass is 276 g/mol. The molecule has 3 heteroatoms. The average Bonchev–Trinajstić information content (AvgIpc) is 2.44. The highest BCUT2D eigenvalue weighted by Gasteiger charge is 2.48. The Morgan fingerprint density at radius 3 is 2.60 bits per heavy atom. The van der Waals surface area contributed by atoms with E-state index >= 15 is 0 Å². The normalized spacial score (nSPS) is 24.4. The van der Waals surface area contributed by atoms with Gasteiger partial charge in [-0.05, 0) is 37.4 Å². The number of nitrogens with two attached hydrogens (primary N) is 1. The fourth-order valence-electron chi connectivity index (χ4n) is 3.08. The van der Waals surface area contributed by atoms with Crippen molar-refractivity contribution in [1.29, 1.82) is 0 Å². The van der Waals surface area contributed by atoms with Gasteiger partial charge in [0.25, 0.3) is 0 Å². The van der Waals surface area contributed by atoms with Gasteiger partial charge in [-0.3, -0.25) is 0 Å². The second-order valence-electron chi connectivity index (χ2n) is 6.24. The standard InChI is InChI=1S/C17H28N2O/c1-4-20-16-11-15(17(16,2)3)19-12-14-8-6-5-7-13(14)9-10-18/h5-8,15-16,19H,4,9-12,18H2,1-3H3. The molecule has 3 N–H and O–H groups in total.